The van der Waals surface area contributed by atoms with Crippen LogP contribution in [-0.2, 0) is 4.79 Å². The molecule has 0 aromatic heterocycles. The van der Waals surface area contributed by atoms with Gasteiger partial charge in [-0.2, -0.15) is 0 Å². The van der Waals surface area contributed by atoms with Crippen LogP contribution < -0.4 is 20.1 Å². The Balaban J connectivity index is 1.88. The summed E-state index contributed by atoms with van der Waals surface area (Å²) in [7, 11) is 3.09. The number of nitro benzene ring substituents is 1. The summed E-state index contributed by atoms with van der Waals surface area (Å²) in [6, 6.07) is 9.94. The summed E-state index contributed by atoms with van der Waals surface area (Å²) < 4.78 is 10.5. The van der Waals surface area contributed by atoms with E-state index < -0.39 is 4.92 Å². The minimum absolute atomic E-state index is 0.0166. The molecule has 0 aliphatic carbocycles. The van der Waals surface area contributed by atoms with Gasteiger partial charge in [0.1, 0.15) is 5.69 Å². The molecule has 27 heavy (non-hydrogen) atoms. The summed E-state index contributed by atoms with van der Waals surface area (Å²) in [6.45, 7) is 2.32. The van der Waals surface area contributed by atoms with Crippen LogP contribution in [0.15, 0.2) is 36.4 Å². The summed E-state index contributed by atoms with van der Waals surface area (Å²) in [5, 5.41) is 16.8. The third kappa shape index (κ3) is 5.34. The van der Waals surface area contributed by atoms with E-state index in [0.717, 1.165) is 5.56 Å². The highest BCUT2D eigenvalue weighted by Crippen LogP contribution is 2.33. The molecule has 2 aromatic rings. The van der Waals surface area contributed by atoms with E-state index >= 15 is 0 Å². The molecule has 144 valence electrons. The summed E-state index contributed by atoms with van der Waals surface area (Å²) in [6.07, 6.45) is 0.811. The van der Waals surface area contributed by atoms with Gasteiger partial charge in [-0.05, 0) is 31.0 Å². The first-order valence-corrected chi connectivity index (χ1v) is 8.46. The quantitative estimate of drug-likeness (QED) is 0.394. The monoisotopic (exact) mass is 373 g/mol. The lowest BCUT2D eigenvalue weighted by Gasteiger charge is -2.13. The maximum absolute atomic E-state index is 12.2. The third-order valence-electron chi connectivity index (χ3n) is 4.00. The number of rotatable bonds is 9. The number of anilines is 2. The number of nitro groups is 1. The second kappa shape index (κ2) is 9.42. The molecule has 0 aliphatic rings. The molecule has 8 nitrogen and oxygen atoms in total. The number of para-hydroxylation sites is 2. The summed E-state index contributed by atoms with van der Waals surface area (Å²) >= 11 is 0. The van der Waals surface area contributed by atoms with Crippen LogP contribution in [0.1, 0.15) is 18.4 Å². The molecule has 0 spiro atoms. The maximum atomic E-state index is 12.2. The molecule has 0 heterocycles. The molecule has 0 saturated heterocycles. The van der Waals surface area contributed by atoms with Gasteiger partial charge in [-0.1, -0.05) is 12.1 Å². The molecule has 0 aliphatic heterocycles. The SMILES string of the molecule is COc1cc(C)c(NC(=O)CCCNc2ccccc2[N+](=O)[O-])cc1OC. The fraction of sp³-hybridized carbons (Fsp3) is 0.316. The van der Waals surface area contributed by atoms with Crippen LogP contribution in [0, 0.1) is 17.0 Å². The highest BCUT2D eigenvalue weighted by molar-refractivity contribution is 5.92. The lowest BCUT2D eigenvalue weighted by molar-refractivity contribution is -0.384. The second-order valence-electron chi connectivity index (χ2n) is 5.87. The number of benzene rings is 2. The van der Waals surface area contributed by atoms with Crippen LogP contribution in [0.5, 0.6) is 11.5 Å². The lowest BCUT2D eigenvalue weighted by atomic mass is 10.1. The van der Waals surface area contributed by atoms with Crippen molar-refractivity contribution in [3.8, 4) is 11.5 Å². The van der Waals surface area contributed by atoms with Crippen LogP contribution in [0.25, 0.3) is 0 Å². The number of methoxy groups -OCH3 is 2. The number of hydrogen-bond donors (Lipinski definition) is 2. The number of nitrogens with zero attached hydrogens (tertiary/aromatic N) is 1. The zero-order valence-corrected chi connectivity index (χ0v) is 15.6. The molecule has 0 unspecified atom stereocenters. The van der Waals surface area contributed by atoms with Gasteiger partial charge in [-0.25, -0.2) is 0 Å². The molecule has 8 heteroatoms. The van der Waals surface area contributed by atoms with Gasteiger partial charge in [-0.3, -0.25) is 14.9 Å². The minimum atomic E-state index is -0.436. The van der Waals surface area contributed by atoms with Gasteiger partial charge in [0.15, 0.2) is 11.5 Å². The van der Waals surface area contributed by atoms with Gasteiger partial charge >= 0.3 is 0 Å². The van der Waals surface area contributed by atoms with Gasteiger partial charge in [0.05, 0.1) is 19.1 Å². The summed E-state index contributed by atoms with van der Waals surface area (Å²) in [5.74, 6) is 0.993. The Morgan fingerprint density at radius 2 is 1.78 bits per heavy atom. The Bertz CT molecular complexity index is 823. The van der Waals surface area contributed by atoms with E-state index in [0.29, 0.717) is 35.8 Å². The molecule has 2 N–H and O–H groups in total. The van der Waals surface area contributed by atoms with Gasteiger partial charge in [0, 0.05) is 30.8 Å². The van der Waals surface area contributed by atoms with Crippen molar-refractivity contribution in [2.75, 3.05) is 31.4 Å². The standard InChI is InChI=1S/C19H23N3O5/c1-13-11-17(26-2)18(27-3)12-15(13)21-19(23)9-6-10-20-14-7-4-5-8-16(14)22(24)25/h4-5,7-8,11-12,20H,6,9-10H2,1-3H3,(H,21,23). The average molecular weight is 373 g/mol. The third-order valence-corrected chi connectivity index (χ3v) is 4.00. The first-order valence-electron chi connectivity index (χ1n) is 8.46. The number of hydrogen-bond acceptors (Lipinski definition) is 6. The number of nitrogens with one attached hydrogen (secondary N) is 2. The number of aryl methyl sites for hydroxylation is 1. The smallest absolute Gasteiger partial charge is 0.292 e. The van der Waals surface area contributed by atoms with Crippen molar-refractivity contribution in [2.24, 2.45) is 0 Å². The summed E-state index contributed by atoms with van der Waals surface area (Å²) in [4.78, 5) is 22.7. The van der Waals surface area contributed by atoms with Crippen molar-refractivity contribution in [1.29, 1.82) is 0 Å². The molecule has 0 bridgehead atoms. The molecule has 0 radical (unpaired) electrons. The van der Waals surface area contributed by atoms with Crippen molar-refractivity contribution in [2.45, 2.75) is 19.8 Å². The van der Waals surface area contributed by atoms with E-state index in [1.165, 1.54) is 13.2 Å². The van der Waals surface area contributed by atoms with Crippen LogP contribution in [-0.4, -0.2) is 31.6 Å². The van der Waals surface area contributed by atoms with Crippen LogP contribution >= 0.6 is 0 Å². The Kier molecular flexibility index (Phi) is 6.99. The molecular weight excluding hydrogens is 350 g/mol. The van der Waals surface area contributed by atoms with Gasteiger partial charge in [-0.15, -0.1) is 0 Å². The molecule has 0 saturated carbocycles. The highest BCUT2D eigenvalue weighted by Gasteiger charge is 2.13. The lowest BCUT2D eigenvalue weighted by Crippen LogP contribution is -2.14. The average Bonchev–Trinajstić information content (AvgIpc) is 2.66. The fourth-order valence-electron chi connectivity index (χ4n) is 2.58. The number of carbonyl (C=O) groups is 1. The molecular formula is C19H23N3O5. The van der Waals surface area contributed by atoms with Crippen molar-refractivity contribution in [1.82, 2.24) is 0 Å². The van der Waals surface area contributed by atoms with E-state index in [2.05, 4.69) is 10.6 Å². The fourth-order valence-corrected chi connectivity index (χ4v) is 2.58. The van der Waals surface area contributed by atoms with Crippen molar-refractivity contribution < 1.29 is 19.2 Å². The first kappa shape index (κ1) is 20.0. The van der Waals surface area contributed by atoms with E-state index in [1.807, 2.05) is 6.92 Å². The van der Waals surface area contributed by atoms with Crippen molar-refractivity contribution >= 4 is 23.0 Å². The molecule has 1 amide bonds. The topological polar surface area (TPSA) is 103 Å². The Morgan fingerprint density at radius 3 is 2.44 bits per heavy atom. The van der Waals surface area contributed by atoms with E-state index in [1.54, 1.807) is 37.4 Å². The maximum Gasteiger partial charge on any atom is 0.292 e. The van der Waals surface area contributed by atoms with Gasteiger partial charge in [0.2, 0.25) is 5.91 Å². The summed E-state index contributed by atoms with van der Waals surface area (Å²) in [5.41, 5.74) is 1.98. The molecule has 2 rings (SSSR count). The number of amides is 1. The Labute approximate surface area is 157 Å². The Hall–Kier alpha value is -3.29. The van der Waals surface area contributed by atoms with E-state index in [9.17, 15) is 14.9 Å². The van der Waals surface area contributed by atoms with Crippen LogP contribution in [0.4, 0.5) is 17.1 Å². The number of carbonyl (C=O) groups excluding carboxylic acids is 1. The van der Waals surface area contributed by atoms with Crippen LogP contribution in [0.2, 0.25) is 0 Å². The van der Waals surface area contributed by atoms with Crippen LogP contribution in [0.3, 0.4) is 0 Å². The Morgan fingerprint density at radius 1 is 1.11 bits per heavy atom. The second-order valence-corrected chi connectivity index (χ2v) is 5.87. The highest BCUT2D eigenvalue weighted by atomic mass is 16.6. The van der Waals surface area contributed by atoms with Gasteiger partial charge in [0.25, 0.3) is 5.69 Å². The largest absolute Gasteiger partial charge is 0.493 e. The van der Waals surface area contributed by atoms with E-state index in [4.69, 9.17) is 9.47 Å². The zero-order valence-electron chi connectivity index (χ0n) is 15.6. The molecule has 0 fully saturated rings. The normalized spacial score (nSPS) is 10.2. The van der Waals surface area contributed by atoms with E-state index in [-0.39, 0.29) is 18.0 Å². The predicted molar refractivity (Wildman–Crippen MR) is 104 cm³/mol. The molecule has 0 atom stereocenters. The minimum Gasteiger partial charge on any atom is -0.493 e. The predicted octanol–water partition coefficient (Wildman–Crippen LogP) is 3.75. The van der Waals surface area contributed by atoms with Gasteiger partial charge < -0.3 is 20.1 Å². The zero-order chi connectivity index (χ0) is 19.8. The number of ether oxygens (including phenoxy) is 2. The molecule has 2 aromatic carbocycles. The van der Waals surface area contributed by atoms with Crippen molar-refractivity contribution in [3.05, 3.63) is 52.1 Å². The first-order chi connectivity index (χ1) is 13.0. The van der Waals surface area contributed by atoms with Crippen molar-refractivity contribution in [3.63, 3.8) is 0 Å².